The smallest absolute Gasteiger partial charge is 0.0541 e. The van der Waals surface area contributed by atoms with Gasteiger partial charge < -0.3 is 9.47 Å². The van der Waals surface area contributed by atoms with Crippen molar-refractivity contribution in [3.05, 3.63) is 227 Å². The normalized spacial score (nSPS) is 13.5. The lowest BCUT2D eigenvalue weighted by molar-refractivity contribution is 0.397. The number of aromatic nitrogens is 1. The zero-order valence-electron chi connectivity index (χ0n) is 56.0. The minimum atomic E-state index is -0.0333. The molecule has 464 valence electrons. The van der Waals surface area contributed by atoms with Crippen molar-refractivity contribution >= 4 is 38.9 Å². The van der Waals surface area contributed by atoms with Crippen LogP contribution in [0.15, 0.2) is 188 Å². The van der Waals surface area contributed by atoms with Crippen LogP contribution in [-0.2, 0) is 17.3 Å². The molecule has 2 aliphatic carbocycles. The number of fused-ring (bicyclic) bond motifs is 9. The van der Waals surface area contributed by atoms with Crippen molar-refractivity contribution in [3.8, 4) is 50.2 Å². The summed E-state index contributed by atoms with van der Waals surface area (Å²) in [6, 6.07) is 74.0. The molecule has 90 heavy (non-hydrogen) atoms. The molecule has 1 aromatic heterocycles. The second kappa shape index (κ2) is 28.8. The SMILES string of the molecule is CCCCCCc1ccc(-n2c3ccccc3c3cc(-c4ccc(N(c5ccc(C)cc5)c5ccc(-c6ccc7c(c6)C(CCCCCC)(CCCCCC)c6cc8c(cc6-7)C(CCCCCC)(CCCCCC)c6cc(C)ccc6-8)cc5)cc4)ccc32)cc1. The standard InChI is InChI=1S/C88H102N2/c1-8-13-18-23-30-66-36-46-74(47-37-66)90-85-32-25-24-31-77(85)80-60-69(43-54-86(80)90)67-38-48-72(49-39-67)89(71-44-33-64(6)34-45-71)73-50-40-68(41-51-73)70-42-53-76-79-63-83-78(62-84(79)88(82(76)61-70,57-28-21-16-11-4)58-29-22-17-12-5)75-52-35-65(7)59-81(75)87(83,55-26-19-14-9-2)56-27-20-15-10-3/h24-25,31-54,59-63H,8-23,26-30,55-58H2,1-7H3. The quantitative estimate of drug-likeness (QED) is 0.0393. The number of unbranched alkanes of at least 4 members (excludes halogenated alkanes) is 15. The molecule has 0 saturated carbocycles. The number of nitrogens with zero attached hydrogens (tertiary/aromatic N) is 2. The second-order valence-corrected chi connectivity index (χ2v) is 27.5. The third-order valence-corrected chi connectivity index (χ3v) is 21.2. The van der Waals surface area contributed by atoms with Gasteiger partial charge in [-0.1, -0.05) is 271 Å². The van der Waals surface area contributed by atoms with Crippen molar-refractivity contribution in [2.45, 2.75) is 220 Å². The van der Waals surface area contributed by atoms with Crippen LogP contribution in [0.25, 0.3) is 72.0 Å². The monoisotopic (exact) mass is 1190 g/mol. The van der Waals surface area contributed by atoms with Crippen LogP contribution >= 0.6 is 0 Å². The Labute approximate surface area is 542 Å². The molecule has 0 N–H and O–H groups in total. The van der Waals surface area contributed by atoms with Crippen molar-refractivity contribution in [3.63, 3.8) is 0 Å². The Morgan fingerprint density at radius 2 is 0.722 bits per heavy atom. The minimum Gasteiger partial charge on any atom is -0.311 e. The molecule has 12 rings (SSSR count). The highest BCUT2D eigenvalue weighted by Gasteiger charge is 2.48. The summed E-state index contributed by atoms with van der Waals surface area (Å²) in [6.07, 6.45) is 31.8. The minimum absolute atomic E-state index is 0.0333. The first-order valence-corrected chi connectivity index (χ1v) is 35.9. The molecule has 9 aromatic carbocycles. The molecular weight excluding hydrogens is 1080 g/mol. The number of anilines is 3. The van der Waals surface area contributed by atoms with E-state index in [2.05, 4.69) is 246 Å². The van der Waals surface area contributed by atoms with E-state index < -0.39 is 0 Å². The van der Waals surface area contributed by atoms with E-state index in [0.29, 0.717) is 0 Å². The summed E-state index contributed by atoms with van der Waals surface area (Å²) >= 11 is 0. The predicted molar refractivity (Wildman–Crippen MR) is 391 cm³/mol. The van der Waals surface area contributed by atoms with E-state index in [1.807, 2.05) is 0 Å². The highest BCUT2D eigenvalue weighted by Crippen LogP contribution is 2.61. The molecule has 0 spiro atoms. The highest BCUT2D eigenvalue weighted by atomic mass is 15.1. The molecule has 0 fully saturated rings. The van der Waals surface area contributed by atoms with E-state index in [9.17, 15) is 0 Å². The first-order chi connectivity index (χ1) is 44.2. The number of hydrogen-bond acceptors (Lipinski definition) is 1. The number of hydrogen-bond donors (Lipinski definition) is 0. The summed E-state index contributed by atoms with van der Waals surface area (Å²) in [7, 11) is 0. The average molecular weight is 1190 g/mol. The van der Waals surface area contributed by atoms with Crippen molar-refractivity contribution in [1.29, 1.82) is 0 Å². The van der Waals surface area contributed by atoms with Crippen molar-refractivity contribution in [2.24, 2.45) is 0 Å². The first kappa shape index (κ1) is 62.8. The van der Waals surface area contributed by atoms with E-state index in [-0.39, 0.29) is 10.8 Å². The Morgan fingerprint density at radius 1 is 0.311 bits per heavy atom. The number of aryl methyl sites for hydroxylation is 3. The summed E-state index contributed by atoms with van der Waals surface area (Å²) in [6.45, 7) is 16.3. The van der Waals surface area contributed by atoms with E-state index in [1.54, 1.807) is 27.8 Å². The van der Waals surface area contributed by atoms with Crippen LogP contribution in [0.4, 0.5) is 17.1 Å². The van der Waals surface area contributed by atoms with Crippen LogP contribution in [-0.4, -0.2) is 4.57 Å². The maximum atomic E-state index is 2.80. The van der Waals surface area contributed by atoms with Gasteiger partial charge in [0.1, 0.15) is 0 Å². The molecule has 2 nitrogen and oxygen atoms in total. The summed E-state index contributed by atoms with van der Waals surface area (Å²) in [5.74, 6) is 0. The summed E-state index contributed by atoms with van der Waals surface area (Å²) in [4.78, 5) is 2.43. The lowest BCUT2D eigenvalue weighted by Gasteiger charge is -2.35. The van der Waals surface area contributed by atoms with Crippen LogP contribution in [0, 0.1) is 13.8 Å². The molecule has 0 unspecified atom stereocenters. The van der Waals surface area contributed by atoms with Gasteiger partial charge in [0.2, 0.25) is 0 Å². The molecular formula is C88H102N2. The van der Waals surface area contributed by atoms with Crippen LogP contribution in [0.3, 0.4) is 0 Å². The van der Waals surface area contributed by atoms with Crippen LogP contribution in [0.5, 0.6) is 0 Å². The number of para-hydroxylation sites is 1. The Bertz CT molecular complexity index is 3980. The fourth-order valence-corrected chi connectivity index (χ4v) is 16.3. The molecule has 10 aromatic rings. The van der Waals surface area contributed by atoms with Crippen molar-refractivity contribution in [1.82, 2.24) is 4.57 Å². The number of rotatable bonds is 31. The fraction of sp³-hybridized carbons (Fsp3) is 0.386. The third kappa shape index (κ3) is 12.7. The van der Waals surface area contributed by atoms with Gasteiger partial charge in [-0.15, -0.1) is 0 Å². The van der Waals surface area contributed by atoms with Crippen LogP contribution in [0.1, 0.15) is 228 Å². The zero-order valence-corrected chi connectivity index (χ0v) is 56.0. The van der Waals surface area contributed by atoms with Gasteiger partial charge in [0, 0.05) is 44.4 Å². The first-order valence-electron chi connectivity index (χ1n) is 35.9. The topological polar surface area (TPSA) is 8.17 Å². The lowest BCUT2D eigenvalue weighted by Crippen LogP contribution is -2.27. The molecule has 0 saturated heterocycles. The second-order valence-electron chi connectivity index (χ2n) is 27.5. The Morgan fingerprint density at radius 3 is 1.24 bits per heavy atom. The van der Waals surface area contributed by atoms with Gasteiger partial charge in [-0.3, -0.25) is 0 Å². The Kier molecular flexibility index (Phi) is 20.1. The predicted octanol–water partition coefficient (Wildman–Crippen LogP) is 26.7. The van der Waals surface area contributed by atoms with Crippen LogP contribution < -0.4 is 4.90 Å². The Balaban J connectivity index is 0.894. The van der Waals surface area contributed by atoms with E-state index in [1.165, 1.54) is 237 Å². The van der Waals surface area contributed by atoms with E-state index in [0.717, 1.165) is 23.5 Å². The van der Waals surface area contributed by atoms with Crippen molar-refractivity contribution < 1.29 is 0 Å². The summed E-state index contributed by atoms with van der Waals surface area (Å²) in [5.41, 5.74) is 28.8. The fourth-order valence-electron chi connectivity index (χ4n) is 16.3. The molecule has 0 radical (unpaired) electrons. The van der Waals surface area contributed by atoms with Gasteiger partial charge in [-0.05, 0) is 210 Å². The maximum absolute atomic E-state index is 2.80. The van der Waals surface area contributed by atoms with Gasteiger partial charge >= 0.3 is 0 Å². The maximum Gasteiger partial charge on any atom is 0.0541 e. The zero-order chi connectivity index (χ0) is 62.0. The van der Waals surface area contributed by atoms with Gasteiger partial charge in [-0.2, -0.15) is 0 Å². The molecule has 1 heterocycles. The van der Waals surface area contributed by atoms with Crippen LogP contribution in [0.2, 0.25) is 0 Å². The molecule has 0 amide bonds. The van der Waals surface area contributed by atoms with Crippen molar-refractivity contribution in [2.75, 3.05) is 4.90 Å². The summed E-state index contributed by atoms with van der Waals surface area (Å²) in [5, 5.41) is 2.56. The largest absolute Gasteiger partial charge is 0.311 e. The third-order valence-electron chi connectivity index (χ3n) is 21.2. The molecule has 0 aliphatic heterocycles. The molecule has 2 heteroatoms. The lowest BCUT2D eigenvalue weighted by atomic mass is 9.68. The van der Waals surface area contributed by atoms with Gasteiger partial charge in [-0.25, -0.2) is 0 Å². The molecule has 0 bridgehead atoms. The summed E-state index contributed by atoms with van der Waals surface area (Å²) < 4.78 is 2.45. The number of benzene rings is 9. The van der Waals surface area contributed by atoms with Gasteiger partial charge in [0.25, 0.3) is 0 Å². The van der Waals surface area contributed by atoms with E-state index >= 15 is 0 Å². The molecule has 0 atom stereocenters. The Hall–Kier alpha value is -7.42. The van der Waals surface area contributed by atoms with E-state index in [4.69, 9.17) is 0 Å². The molecule has 2 aliphatic rings. The average Bonchev–Trinajstić information content (AvgIpc) is 1.53. The van der Waals surface area contributed by atoms with Gasteiger partial charge in [0.05, 0.1) is 11.0 Å². The highest BCUT2D eigenvalue weighted by molar-refractivity contribution is 6.10. The van der Waals surface area contributed by atoms with Gasteiger partial charge in [0.15, 0.2) is 0 Å².